The molecule has 1 N–H and O–H groups in total. The fourth-order valence-corrected chi connectivity index (χ4v) is 2.38. The summed E-state index contributed by atoms with van der Waals surface area (Å²) >= 11 is 0. The third-order valence-corrected chi connectivity index (χ3v) is 3.67. The van der Waals surface area contributed by atoms with Gasteiger partial charge in [0.05, 0.1) is 5.56 Å². The highest BCUT2D eigenvalue weighted by Crippen LogP contribution is 2.17. The first-order valence-corrected chi connectivity index (χ1v) is 7.62. The van der Waals surface area contributed by atoms with Crippen LogP contribution in [0.3, 0.4) is 0 Å². The van der Waals surface area contributed by atoms with Crippen molar-refractivity contribution < 1.29 is 9.18 Å². The standard InChI is InChI=1S/C19H19FN2O/c1-14(7-8-15-5-3-2-4-6-15)11-19(23)22-17-9-10-18(20)16(12-17)13-21/h2-6,9-10,12,14H,7-8,11H2,1H3,(H,22,23). The van der Waals surface area contributed by atoms with Crippen molar-refractivity contribution in [2.75, 3.05) is 5.32 Å². The van der Waals surface area contributed by atoms with Gasteiger partial charge >= 0.3 is 0 Å². The van der Waals surface area contributed by atoms with E-state index in [4.69, 9.17) is 5.26 Å². The van der Waals surface area contributed by atoms with E-state index in [1.807, 2.05) is 25.1 Å². The van der Waals surface area contributed by atoms with Gasteiger partial charge in [-0.05, 0) is 42.5 Å². The van der Waals surface area contributed by atoms with Crippen LogP contribution in [0, 0.1) is 23.1 Å². The highest BCUT2D eigenvalue weighted by molar-refractivity contribution is 5.91. The maximum absolute atomic E-state index is 13.2. The van der Waals surface area contributed by atoms with Gasteiger partial charge in [0.1, 0.15) is 11.9 Å². The Bertz CT molecular complexity index is 707. The molecule has 2 rings (SSSR count). The highest BCUT2D eigenvalue weighted by atomic mass is 19.1. The second kappa shape index (κ2) is 8.09. The van der Waals surface area contributed by atoms with Crippen LogP contribution in [0.1, 0.15) is 30.9 Å². The topological polar surface area (TPSA) is 52.9 Å². The number of nitriles is 1. The zero-order valence-corrected chi connectivity index (χ0v) is 13.1. The quantitative estimate of drug-likeness (QED) is 0.865. The molecular formula is C19H19FN2O. The minimum atomic E-state index is -0.582. The summed E-state index contributed by atoms with van der Waals surface area (Å²) in [4.78, 5) is 12.0. The zero-order valence-electron chi connectivity index (χ0n) is 13.1. The van der Waals surface area contributed by atoms with Gasteiger partial charge in [-0.25, -0.2) is 4.39 Å². The number of aryl methyl sites for hydroxylation is 1. The zero-order chi connectivity index (χ0) is 16.7. The second-order valence-electron chi connectivity index (χ2n) is 5.69. The van der Waals surface area contributed by atoms with E-state index in [0.29, 0.717) is 12.1 Å². The van der Waals surface area contributed by atoms with Crippen molar-refractivity contribution in [2.24, 2.45) is 5.92 Å². The van der Waals surface area contributed by atoms with Crippen molar-refractivity contribution in [3.05, 3.63) is 65.5 Å². The van der Waals surface area contributed by atoms with Crippen LogP contribution < -0.4 is 5.32 Å². The van der Waals surface area contributed by atoms with E-state index < -0.39 is 5.82 Å². The number of rotatable bonds is 6. The number of carbonyl (C=O) groups excluding carboxylic acids is 1. The Kier molecular flexibility index (Phi) is 5.87. The van der Waals surface area contributed by atoms with Gasteiger partial charge in [0.15, 0.2) is 0 Å². The summed E-state index contributed by atoms with van der Waals surface area (Å²) in [6.07, 6.45) is 2.25. The fourth-order valence-electron chi connectivity index (χ4n) is 2.38. The summed E-state index contributed by atoms with van der Waals surface area (Å²) in [5.74, 6) is -0.464. The molecule has 0 saturated carbocycles. The molecule has 3 nitrogen and oxygen atoms in total. The average molecular weight is 310 g/mol. The van der Waals surface area contributed by atoms with Crippen molar-refractivity contribution >= 4 is 11.6 Å². The number of benzene rings is 2. The number of nitrogens with one attached hydrogen (secondary N) is 1. The Morgan fingerprint density at radius 2 is 2.00 bits per heavy atom. The lowest BCUT2D eigenvalue weighted by Gasteiger charge is -2.12. The van der Waals surface area contributed by atoms with E-state index >= 15 is 0 Å². The number of hydrogen-bond acceptors (Lipinski definition) is 2. The first kappa shape index (κ1) is 16.7. The van der Waals surface area contributed by atoms with E-state index in [1.54, 1.807) is 6.07 Å². The lowest BCUT2D eigenvalue weighted by atomic mass is 9.98. The number of amides is 1. The lowest BCUT2D eigenvalue weighted by molar-refractivity contribution is -0.117. The van der Waals surface area contributed by atoms with Gasteiger partial charge in [0.2, 0.25) is 5.91 Å². The molecule has 118 valence electrons. The molecule has 0 aliphatic rings. The number of anilines is 1. The average Bonchev–Trinajstić information content (AvgIpc) is 2.55. The van der Waals surface area contributed by atoms with Crippen molar-refractivity contribution in [3.63, 3.8) is 0 Å². The molecule has 23 heavy (non-hydrogen) atoms. The smallest absolute Gasteiger partial charge is 0.224 e. The molecule has 0 radical (unpaired) electrons. The minimum Gasteiger partial charge on any atom is -0.326 e. The molecule has 0 saturated heterocycles. The molecule has 4 heteroatoms. The number of halogens is 1. The van der Waals surface area contributed by atoms with Gasteiger partial charge in [-0.15, -0.1) is 0 Å². The van der Waals surface area contributed by atoms with E-state index in [9.17, 15) is 9.18 Å². The number of hydrogen-bond donors (Lipinski definition) is 1. The maximum Gasteiger partial charge on any atom is 0.224 e. The summed E-state index contributed by atoms with van der Waals surface area (Å²) in [6.45, 7) is 2.04. The van der Waals surface area contributed by atoms with Crippen LogP contribution in [0.25, 0.3) is 0 Å². The molecular weight excluding hydrogens is 291 g/mol. The normalized spacial score (nSPS) is 11.5. The van der Waals surface area contributed by atoms with Gasteiger partial charge < -0.3 is 5.32 Å². The Balaban J connectivity index is 1.83. The van der Waals surface area contributed by atoms with E-state index in [-0.39, 0.29) is 17.4 Å². The molecule has 0 aliphatic carbocycles. The van der Waals surface area contributed by atoms with Gasteiger partial charge in [-0.3, -0.25) is 4.79 Å². The summed E-state index contributed by atoms with van der Waals surface area (Å²) < 4.78 is 13.2. The Hall–Kier alpha value is -2.67. The van der Waals surface area contributed by atoms with Crippen molar-refractivity contribution in [3.8, 4) is 6.07 Å². The molecule has 2 aromatic carbocycles. The largest absolute Gasteiger partial charge is 0.326 e. The van der Waals surface area contributed by atoms with Crippen LogP contribution in [-0.4, -0.2) is 5.91 Å². The summed E-state index contributed by atoms with van der Waals surface area (Å²) in [5.41, 5.74) is 1.64. The summed E-state index contributed by atoms with van der Waals surface area (Å²) in [6, 6.07) is 15.9. The molecule has 2 aromatic rings. The molecule has 0 heterocycles. The molecule has 1 unspecified atom stereocenters. The molecule has 1 amide bonds. The summed E-state index contributed by atoms with van der Waals surface area (Å²) in [7, 11) is 0. The number of carbonyl (C=O) groups is 1. The van der Waals surface area contributed by atoms with Crippen LogP contribution in [-0.2, 0) is 11.2 Å². The van der Waals surface area contributed by atoms with Crippen LogP contribution >= 0.6 is 0 Å². The van der Waals surface area contributed by atoms with Crippen LogP contribution in [0.2, 0.25) is 0 Å². The van der Waals surface area contributed by atoms with Crippen molar-refractivity contribution in [1.29, 1.82) is 5.26 Å². The predicted octanol–water partition coefficient (Wildman–Crippen LogP) is 4.29. The molecule has 0 spiro atoms. The molecule has 0 aliphatic heterocycles. The maximum atomic E-state index is 13.2. The third kappa shape index (κ3) is 5.23. The second-order valence-corrected chi connectivity index (χ2v) is 5.69. The Labute approximate surface area is 135 Å². The fraction of sp³-hybridized carbons (Fsp3) is 0.263. The van der Waals surface area contributed by atoms with Gasteiger partial charge in [-0.1, -0.05) is 37.3 Å². The first-order valence-electron chi connectivity index (χ1n) is 7.62. The Morgan fingerprint density at radius 1 is 1.26 bits per heavy atom. The molecule has 0 bridgehead atoms. The predicted molar refractivity (Wildman–Crippen MR) is 88.3 cm³/mol. The van der Waals surface area contributed by atoms with Crippen molar-refractivity contribution in [2.45, 2.75) is 26.2 Å². The van der Waals surface area contributed by atoms with Gasteiger partial charge in [0.25, 0.3) is 0 Å². The van der Waals surface area contributed by atoms with E-state index in [2.05, 4.69) is 17.4 Å². The van der Waals surface area contributed by atoms with Gasteiger partial charge in [-0.2, -0.15) is 5.26 Å². The van der Waals surface area contributed by atoms with Crippen molar-refractivity contribution in [1.82, 2.24) is 0 Å². The van der Waals surface area contributed by atoms with E-state index in [1.165, 1.54) is 23.8 Å². The molecule has 0 aromatic heterocycles. The third-order valence-electron chi connectivity index (χ3n) is 3.67. The van der Waals surface area contributed by atoms with Crippen LogP contribution in [0.15, 0.2) is 48.5 Å². The highest BCUT2D eigenvalue weighted by Gasteiger charge is 2.11. The van der Waals surface area contributed by atoms with Crippen LogP contribution in [0.4, 0.5) is 10.1 Å². The van der Waals surface area contributed by atoms with Gasteiger partial charge in [0, 0.05) is 12.1 Å². The monoisotopic (exact) mass is 310 g/mol. The lowest BCUT2D eigenvalue weighted by Crippen LogP contribution is -2.15. The SMILES string of the molecule is CC(CCc1ccccc1)CC(=O)Nc1ccc(F)c(C#N)c1. The Morgan fingerprint density at radius 3 is 2.70 bits per heavy atom. The van der Waals surface area contributed by atoms with E-state index in [0.717, 1.165) is 12.8 Å². The van der Waals surface area contributed by atoms with Crippen LogP contribution in [0.5, 0.6) is 0 Å². The summed E-state index contributed by atoms with van der Waals surface area (Å²) in [5, 5.41) is 11.5. The molecule has 1 atom stereocenters. The first-order chi connectivity index (χ1) is 11.1. The molecule has 0 fully saturated rings. The number of nitrogens with zero attached hydrogens (tertiary/aromatic N) is 1. The minimum absolute atomic E-state index is 0.0695.